The van der Waals surface area contributed by atoms with Crippen molar-refractivity contribution in [3.63, 3.8) is 0 Å². The highest BCUT2D eigenvalue weighted by Crippen LogP contribution is 2.27. The molecule has 0 saturated heterocycles. The molecule has 0 aliphatic heterocycles. The van der Waals surface area contributed by atoms with Crippen molar-refractivity contribution in [1.82, 2.24) is 0 Å². The molecule has 4 nitrogen and oxygen atoms in total. The number of hydrogen-bond acceptors (Lipinski definition) is 3. The molecule has 2 N–H and O–H groups in total. The fraction of sp³-hybridized carbons (Fsp3) is 0.136. The van der Waals surface area contributed by atoms with Crippen LogP contribution in [0.4, 0.5) is 5.69 Å². The fourth-order valence-electron chi connectivity index (χ4n) is 2.75. The molecule has 150 valence electrons. The Hall–Kier alpha value is -2.40. The summed E-state index contributed by atoms with van der Waals surface area (Å²) in [4.78, 5) is 11.2. The molecule has 0 heterocycles. The highest BCUT2D eigenvalue weighted by molar-refractivity contribution is 6.42. The molecule has 0 fully saturated rings. The highest BCUT2D eigenvalue weighted by Gasteiger charge is 2.10. The van der Waals surface area contributed by atoms with E-state index in [9.17, 15) is 9.90 Å². The topological polar surface area (TPSA) is 58.6 Å². The number of aryl methyl sites for hydroxylation is 1. The molecular weight excluding hydrogens is 433 g/mol. The minimum Gasteiger partial charge on any atom is -0.489 e. The molecule has 29 heavy (non-hydrogen) atoms. The molecule has 0 aromatic heterocycles. The molecule has 3 rings (SSSR count). The number of carboxylic acids is 1. The number of rotatable bonds is 7. The Morgan fingerprint density at radius 2 is 1.79 bits per heavy atom. The van der Waals surface area contributed by atoms with E-state index >= 15 is 0 Å². The molecule has 3 aromatic rings. The Labute approximate surface area is 184 Å². The van der Waals surface area contributed by atoms with E-state index in [2.05, 4.69) is 5.32 Å². The van der Waals surface area contributed by atoms with Gasteiger partial charge in [-0.25, -0.2) is 4.79 Å². The van der Waals surface area contributed by atoms with Crippen molar-refractivity contribution in [2.45, 2.75) is 20.1 Å². The maximum Gasteiger partial charge on any atom is 0.335 e. The van der Waals surface area contributed by atoms with Gasteiger partial charge in [-0.15, -0.1) is 0 Å². The fourth-order valence-corrected chi connectivity index (χ4v) is 3.27. The highest BCUT2D eigenvalue weighted by atomic mass is 35.5. The van der Waals surface area contributed by atoms with Crippen LogP contribution >= 0.6 is 34.8 Å². The number of anilines is 1. The number of carbonyl (C=O) groups is 1. The second kappa shape index (κ2) is 9.40. The number of aromatic carboxylic acids is 1. The van der Waals surface area contributed by atoms with Crippen molar-refractivity contribution < 1.29 is 14.6 Å². The van der Waals surface area contributed by atoms with Crippen LogP contribution in [0.5, 0.6) is 5.75 Å². The zero-order valence-electron chi connectivity index (χ0n) is 15.5. The molecule has 0 aliphatic carbocycles. The first-order valence-corrected chi connectivity index (χ1v) is 9.90. The largest absolute Gasteiger partial charge is 0.489 e. The van der Waals surface area contributed by atoms with E-state index in [1.54, 1.807) is 42.5 Å². The summed E-state index contributed by atoms with van der Waals surface area (Å²) < 4.78 is 5.96. The zero-order valence-corrected chi connectivity index (χ0v) is 17.8. The Morgan fingerprint density at radius 3 is 2.52 bits per heavy atom. The summed E-state index contributed by atoms with van der Waals surface area (Å²) in [5, 5.41) is 14.0. The van der Waals surface area contributed by atoms with Crippen LogP contribution < -0.4 is 10.1 Å². The van der Waals surface area contributed by atoms with Crippen LogP contribution in [0.3, 0.4) is 0 Å². The van der Waals surface area contributed by atoms with Gasteiger partial charge in [0.15, 0.2) is 0 Å². The number of nitrogens with one attached hydrogen (secondary N) is 1. The van der Waals surface area contributed by atoms with E-state index in [0.29, 0.717) is 34.0 Å². The van der Waals surface area contributed by atoms with Gasteiger partial charge in [0.1, 0.15) is 12.4 Å². The number of benzene rings is 3. The molecule has 0 aliphatic rings. The van der Waals surface area contributed by atoms with Gasteiger partial charge in [0.05, 0.1) is 15.6 Å². The molecule has 0 bridgehead atoms. The quantitative estimate of drug-likeness (QED) is 0.413. The van der Waals surface area contributed by atoms with Gasteiger partial charge in [-0.1, -0.05) is 46.9 Å². The summed E-state index contributed by atoms with van der Waals surface area (Å²) in [5.74, 6) is -0.304. The van der Waals surface area contributed by atoms with Crippen molar-refractivity contribution in [2.24, 2.45) is 0 Å². The summed E-state index contributed by atoms with van der Waals surface area (Å²) in [7, 11) is 0. The van der Waals surface area contributed by atoms with E-state index < -0.39 is 5.97 Å². The van der Waals surface area contributed by atoms with E-state index in [1.807, 2.05) is 19.1 Å². The first kappa shape index (κ1) is 21.3. The van der Waals surface area contributed by atoms with Crippen LogP contribution in [0, 0.1) is 6.92 Å². The smallest absolute Gasteiger partial charge is 0.335 e. The first-order valence-electron chi connectivity index (χ1n) is 8.76. The number of hydrogen-bond donors (Lipinski definition) is 2. The minimum atomic E-state index is -0.971. The Bertz CT molecular complexity index is 1050. The molecule has 0 saturated carbocycles. The molecule has 0 spiro atoms. The van der Waals surface area contributed by atoms with Crippen molar-refractivity contribution in [3.05, 3.63) is 91.9 Å². The van der Waals surface area contributed by atoms with Gasteiger partial charge in [0, 0.05) is 22.8 Å². The lowest BCUT2D eigenvalue weighted by atomic mass is 10.1. The molecule has 0 unspecified atom stereocenters. The number of halogens is 3. The molecule has 0 amide bonds. The van der Waals surface area contributed by atoms with Crippen LogP contribution in [-0.4, -0.2) is 11.1 Å². The lowest BCUT2D eigenvalue weighted by Gasteiger charge is -2.15. The van der Waals surface area contributed by atoms with Crippen molar-refractivity contribution in [1.29, 1.82) is 0 Å². The lowest BCUT2D eigenvalue weighted by molar-refractivity contribution is 0.0697. The predicted molar refractivity (Wildman–Crippen MR) is 118 cm³/mol. The predicted octanol–water partition coefficient (Wildman–Crippen LogP) is 6.84. The average molecular weight is 451 g/mol. The summed E-state index contributed by atoms with van der Waals surface area (Å²) in [6, 6.07) is 15.7. The Balaban J connectivity index is 1.76. The van der Waals surface area contributed by atoms with E-state index in [0.717, 1.165) is 22.4 Å². The van der Waals surface area contributed by atoms with Crippen LogP contribution in [0.15, 0.2) is 54.6 Å². The monoisotopic (exact) mass is 449 g/mol. The number of carboxylic acid groups (broad SMARTS) is 1. The summed E-state index contributed by atoms with van der Waals surface area (Å²) >= 11 is 18.2. The molecule has 3 aromatic carbocycles. The summed E-state index contributed by atoms with van der Waals surface area (Å²) in [6.45, 7) is 2.65. The SMILES string of the molecule is Cc1ccc(C(=O)O)cc1NCc1cc(Cl)ccc1OCc1ccc(Cl)c(Cl)c1. The van der Waals surface area contributed by atoms with Crippen molar-refractivity contribution in [3.8, 4) is 5.75 Å². The third-order valence-electron chi connectivity index (χ3n) is 4.35. The summed E-state index contributed by atoms with van der Waals surface area (Å²) in [6.07, 6.45) is 0. The minimum absolute atomic E-state index is 0.222. The number of ether oxygens (including phenoxy) is 1. The second-order valence-corrected chi connectivity index (χ2v) is 7.73. The maximum absolute atomic E-state index is 11.2. The van der Waals surface area contributed by atoms with E-state index in [4.69, 9.17) is 39.5 Å². The van der Waals surface area contributed by atoms with Crippen LogP contribution in [0.2, 0.25) is 15.1 Å². The van der Waals surface area contributed by atoms with Crippen LogP contribution in [-0.2, 0) is 13.2 Å². The summed E-state index contributed by atoms with van der Waals surface area (Å²) in [5.41, 5.74) is 3.63. The van der Waals surface area contributed by atoms with Crippen molar-refractivity contribution in [2.75, 3.05) is 5.32 Å². The third-order valence-corrected chi connectivity index (χ3v) is 5.33. The molecule has 0 radical (unpaired) electrons. The van der Waals surface area contributed by atoms with Gasteiger partial charge in [0.2, 0.25) is 0 Å². The van der Waals surface area contributed by atoms with Gasteiger partial charge in [-0.2, -0.15) is 0 Å². The third kappa shape index (κ3) is 5.57. The Kier molecular flexibility index (Phi) is 6.91. The molecule has 0 atom stereocenters. The van der Waals surface area contributed by atoms with Gasteiger partial charge in [0.25, 0.3) is 0 Å². The van der Waals surface area contributed by atoms with Crippen LogP contribution in [0.25, 0.3) is 0 Å². The normalized spacial score (nSPS) is 10.6. The Morgan fingerprint density at radius 1 is 1.00 bits per heavy atom. The van der Waals surface area contributed by atoms with Crippen LogP contribution in [0.1, 0.15) is 27.0 Å². The maximum atomic E-state index is 11.2. The zero-order chi connectivity index (χ0) is 21.0. The van der Waals surface area contributed by atoms with E-state index in [-0.39, 0.29) is 5.56 Å². The van der Waals surface area contributed by atoms with Gasteiger partial charge in [-0.05, 0) is 60.5 Å². The van der Waals surface area contributed by atoms with Gasteiger partial charge < -0.3 is 15.2 Å². The van der Waals surface area contributed by atoms with Crippen molar-refractivity contribution >= 4 is 46.5 Å². The van der Waals surface area contributed by atoms with Gasteiger partial charge in [-0.3, -0.25) is 0 Å². The second-order valence-electron chi connectivity index (χ2n) is 6.48. The standard InChI is InChI=1S/C22H18Cl3NO3/c1-13-2-4-15(22(27)28)10-20(13)26-11-16-9-17(23)5-7-21(16)29-12-14-3-6-18(24)19(25)8-14/h2-10,26H,11-12H2,1H3,(H,27,28). The molecule has 7 heteroatoms. The average Bonchev–Trinajstić information content (AvgIpc) is 2.69. The van der Waals surface area contributed by atoms with Gasteiger partial charge >= 0.3 is 5.97 Å². The first-order chi connectivity index (χ1) is 13.8. The lowest BCUT2D eigenvalue weighted by Crippen LogP contribution is -2.06. The molecular formula is C22H18Cl3NO3. The van der Waals surface area contributed by atoms with E-state index in [1.165, 1.54) is 0 Å².